The molecule has 4 unspecified atom stereocenters. The summed E-state index contributed by atoms with van der Waals surface area (Å²) in [5.74, 6) is 0.656. The van der Waals surface area contributed by atoms with Gasteiger partial charge in [-0.3, -0.25) is 30.7 Å². The van der Waals surface area contributed by atoms with Crippen LogP contribution in [0.1, 0.15) is 32.1 Å². The van der Waals surface area contributed by atoms with Crippen LogP contribution in [0, 0.1) is 5.92 Å². The molecule has 1 aromatic rings. The highest BCUT2D eigenvalue weighted by atomic mass is 16.5. The lowest BCUT2D eigenvalue weighted by Crippen LogP contribution is -2.77. The van der Waals surface area contributed by atoms with E-state index in [2.05, 4.69) is 49.0 Å². The van der Waals surface area contributed by atoms with Crippen molar-refractivity contribution in [2.24, 2.45) is 5.92 Å². The smallest absolute Gasteiger partial charge is 0.242 e. The average Bonchev–Trinajstić information content (AvgIpc) is 2.90. The highest BCUT2D eigenvalue weighted by Gasteiger charge is 2.45. The Hall–Kier alpha value is -1.95. The molecule has 3 saturated heterocycles. The van der Waals surface area contributed by atoms with Crippen molar-refractivity contribution in [2.75, 3.05) is 58.2 Å². The number of benzene rings is 1. The van der Waals surface area contributed by atoms with Crippen molar-refractivity contribution in [3.8, 4) is 5.75 Å². The van der Waals surface area contributed by atoms with Gasteiger partial charge in [-0.2, -0.15) is 0 Å². The van der Waals surface area contributed by atoms with E-state index in [-0.39, 0.29) is 30.3 Å². The molecule has 4 aliphatic rings. The molecule has 1 amide bonds. The molecule has 3 aliphatic heterocycles. The van der Waals surface area contributed by atoms with Gasteiger partial charge < -0.3 is 15.4 Å². The Morgan fingerprint density at radius 1 is 1.09 bits per heavy atom. The summed E-state index contributed by atoms with van der Waals surface area (Å²) in [5, 5.41) is 14.3. The Balaban J connectivity index is 1.19. The van der Waals surface area contributed by atoms with Crippen molar-refractivity contribution in [1.29, 1.82) is 0 Å². The molecule has 6 N–H and O–H groups in total. The molecule has 1 aliphatic carbocycles. The zero-order valence-electron chi connectivity index (χ0n) is 20.9. The quantitative estimate of drug-likeness (QED) is 0.305. The van der Waals surface area contributed by atoms with Gasteiger partial charge in [-0.05, 0) is 44.2 Å². The van der Waals surface area contributed by atoms with E-state index in [0.717, 1.165) is 44.2 Å². The predicted octanol–water partition coefficient (Wildman–Crippen LogP) is 0.0687. The maximum atomic E-state index is 12.8. The van der Waals surface area contributed by atoms with Crippen LogP contribution in [0.2, 0.25) is 0 Å². The molecule has 3 heterocycles. The van der Waals surface area contributed by atoms with E-state index >= 15 is 0 Å². The first kappa shape index (κ1) is 24.7. The summed E-state index contributed by atoms with van der Waals surface area (Å²) < 4.78 is 5.98. The lowest BCUT2D eigenvalue weighted by atomic mass is 9.90. The Morgan fingerprint density at radius 3 is 2.63 bits per heavy atom. The summed E-state index contributed by atoms with van der Waals surface area (Å²) in [7, 11) is 2.20. The number of piperazine rings is 1. The van der Waals surface area contributed by atoms with Gasteiger partial charge in [0.1, 0.15) is 18.6 Å². The third kappa shape index (κ3) is 6.25. The number of ether oxygens (including phenoxy) is 1. The van der Waals surface area contributed by atoms with Gasteiger partial charge in [0.2, 0.25) is 5.91 Å². The SMILES string of the molecule is CN(C1CCCCC1)C1NC2CNNC(=O)C2C(Nc2ccc(OCCN3CCNCC3)cc2)N1. The van der Waals surface area contributed by atoms with Crippen molar-refractivity contribution in [3.05, 3.63) is 24.3 Å². The van der Waals surface area contributed by atoms with E-state index in [1.807, 2.05) is 24.3 Å². The van der Waals surface area contributed by atoms with E-state index in [9.17, 15) is 4.79 Å². The molecule has 10 nitrogen and oxygen atoms in total. The monoisotopic (exact) mass is 486 g/mol. The fourth-order valence-electron chi connectivity index (χ4n) is 5.83. The highest BCUT2D eigenvalue weighted by Crippen LogP contribution is 2.26. The Labute approximate surface area is 208 Å². The number of anilines is 1. The molecule has 0 bridgehead atoms. The van der Waals surface area contributed by atoms with Gasteiger partial charge in [-0.1, -0.05) is 19.3 Å². The molecule has 5 rings (SSSR count). The van der Waals surface area contributed by atoms with Gasteiger partial charge in [-0.15, -0.1) is 0 Å². The third-order valence-electron chi connectivity index (χ3n) is 7.96. The number of nitrogens with one attached hydrogen (secondary N) is 6. The van der Waals surface area contributed by atoms with Crippen molar-refractivity contribution in [3.63, 3.8) is 0 Å². The minimum absolute atomic E-state index is 0.00499. The highest BCUT2D eigenvalue weighted by molar-refractivity contribution is 5.81. The number of nitrogens with zero attached hydrogens (tertiary/aromatic N) is 2. The Morgan fingerprint density at radius 2 is 1.86 bits per heavy atom. The largest absolute Gasteiger partial charge is 0.492 e. The van der Waals surface area contributed by atoms with Crippen LogP contribution < -0.4 is 36.9 Å². The maximum absolute atomic E-state index is 12.8. The second-order valence-corrected chi connectivity index (χ2v) is 10.3. The minimum Gasteiger partial charge on any atom is -0.492 e. The van der Waals surface area contributed by atoms with Gasteiger partial charge in [0, 0.05) is 57.0 Å². The number of fused-ring (bicyclic) bond motifs is 1. The van der Waals surface area contributed by atoms with E-state index < -0.39 is 0 Å². The van der Waals surface area contributed by atoms with Crippen molar-refractivity contribution in [2.45, 2.75) is 56.6 Å². The number of hydrogen-bond acceptors (Lipinski definition) is 9. The fourth-order valence-corrected chi connectivity index (χ4v) is 5.83. The van der Waals surface area contributed by atoms with Crippen molar-refractivity contribution >= 4 is 11.6 Å². The number of hydrogen-bond donors (Lipinski definition) is 6. The first-order valence-electron chi connectivity index (χ1n) is 13.4. The minimum atomic E-state index is -0.220. The lowest BCUT2D eigenvalue weighted by Gasteiger charge is -2.49. The van der Waals surface area contributed by atoms with E-state index in [1.165, 1.54) is 32.1 Å². The summed E-state index contributed by atoms with van der Waals surface area (Å²) in [6.07, 6.45) is 6.22. The van der Waals surface area contributed by atoms with E-state index in [0.29, 0.717) is 19.2 Å². The number of hydrazine groups is 1. The van der Waals surface area contributed by atoms with Gasteiger partial charge in [0.05, 0.1) is 12.1 Å². The predicted molar refractivity (Wildman–Crippen MR) is 137 cm³/mol. The zero-order valence-corrected chi connectivity index (χ0v) is 20.9. The molecule has 0 aromatic heterocycles. The van der Waals surface area contributed by atoms with E-state index in [4.69, 9.17) is 4.74 Å². The molecule has 4 atom stereocenters. The molecular formula is C25H42N8O2. The number of rotatable bonds is 8. The van der Waals surface area contributed by atoms with Gasteiger partial charge in [0.25, 0.3) is 0 Å². The summed E-state index contributed by atoms with van der Waals surface area (Å²) in [4.78, 5) is 17.6. The second-order valence-electron chi connectivity index (χ2n) is 10.3. The molecular weight excluding hydrogens is 444 g/mol. The molecule has 1 aromatic carbocycles. The molecule has 0 radical (unpaired) electrons. The molecule has 4 fully saturated rings. The van der Waals surface area contributed by atoms with Crippen LogP contribution in [-0.4, -0.2) is 93.2 Å². The lowest BCUT2D eigenvalue weighted by molar-refractivity contribution is -0.132. The Bertz CT molecular complexity index is 812. The fraction of sp³-hybridized carbons (Fsp3) is 0.720. The van der Waals surface area contributed by atoms with Crippen LogP contribution in [-0.2, 0) is 4.79 Å². The number of carbonyl (C=O) groups is 1. The standard InChI is InChI=1S/C25H42N8O2/c1-32(19-5-3-2-4-6-19)25-29-21-17-27-31-24(34)22(21)23(30-25)28-18-7-9-20(10-8-18)35-16-15-33-13-11-26-12-14-33/h7-10,19,21-23,25-30H,2-6,11-17H2,1H3,(H,31,34). The summed E-state index contributed by atoms with van der Waals surface area (Å²) in [5.41, 5.74) is 6.84. The molecule has 194 valence electrons. The normalized spacial score (nSPS) is 30.5. The van der Waals surface area contributed by atoms with Gasteiger partial charge >= 0.3 is 0 Å². The van der Waals surface area contributed by atoms with Crippen LogP contribution in [0.15, 0.2) is 24.3 Å². The third-order valence-corrected chi connectivity index (χ3v) is 7.96. The summed E-state index contributed by atoms with van der Waals surface area (Å²) in [6.45, 7) is 6.61. The van der Waals surface area contributed by atoms with Crippen LogP contribution in [0.4, 0.5) is 5.69 Å². The molecule has 0 spiro atoms. The van der Waals surface area contributed by atoms with Gasteiger partial charge in [0.15, 0.2) is 0 Å². The molecule has 1 saturated carbocycles. The average molecular weight is 487 g/mol. The first-order chi connectivity index (χ1) is 17.2. The van der Waals surface area contributed by atoms with Crippen LogP contribution >= 0.6 is 0 Å². The van der Waals surface area contributed by atoms with E-state index in [1.54, 1.807) is 0 Å². The number of amides is 1. The van der Waals surface area contributed by atoms with Crippen LogP contribution in [0.25, 0.3) is 0 Å². The zero-order chi connectivity index (χ0) is 24.0. The summed E-state index contributed by atoms with van der Waals surface area (Å²) >= 11 is 0. The maximum Gasteiger partial charge on any atom is 0.242 e. The van der Waals surface area contributed by atoms with Crippen molar-refractivity contribution in [1.82, 2.24) is 36.6 Å². The van der Waals surface area contributed by atoms with Gasteiger partial charge in [-0.25, -0.2) is 5.43 Å². The van der Waals surface area contributed by atoms with Crippen LogP contribution in [0.5, 0.6) is 5.75 Å². The Kier molecular flexibility index (Phi) is 8.38. The molecule has 35 heavy (non-hydrogen) atoms. The first-order valence-corrected chi connectivity index (χ1v) is 13.4. The van der Waals surface area contributed by atoms with Crippen molar-refractivity contribution < 1.29 is 9.53 Å². The van der Waals surface area contributed by atoms with Crippen LogP contribution in [0.3, 0.4) is 0 Å². The summed E-state index contributed by atoms with van der Waals surface area (Å²) in [6, 6.07) is 8.70. The number of carbonyl (C=O) groups excluding carboxylic acids is 1. The molecule has 10 heteroatoms. The topological polar surface area (TPSA) is 105 Å². The second kappa shape index (κ2) is 11.9.